The van der Waals surface area contributed by atoms with Crippen molar-refractivity contribution in [1.82, 2.24) is 0 Å². The zero-order valence-corrected chi connectivity index (χ0v) is 16.9. The molecule has 6 N–H and O–H groups in total. The van der Waals surface area contributed by atoms with Crippen LogP contribution in [0.3, 0.4) is 0 Å². The van der Waals surface area contributed by atoms with Crippen molar-refractivity contribution >= 4 is 34.3 Å². The highest BCUT2D eigenvalue weighted by molar-refractivity contribution is 14.1. The van der Waals surface area contributed by atoms with Crippen LogP contribution in [0.5, 0.6) is 5.75 Å². The van der Waals surface area contributed by atoms with Crippen molar-refractivity contribution in [3.8, 4) is 5.75 Å². The maximum atomic E-state index is 13.2. The predicted octanol–water partition coefficient (Wildman–Crippen LogP) is 2.17. The molecule has 1 amide bonds. The van der Waals surface area contributed by atoms with Crippen LogP contribution in [-0.4, -0.2) is 37.7 Å². The third-order valence-corrected chi connectivity index (χ3v) is 7.09. The molecule has 0 radical (unpaired) electrons. The average Bonchev–Trinajstić information content (AvgIpc) is 2.61. The fraction of sp³-hybridized carbons (Fsp3) is 0.300. The lowest BCUT2D eigenvalue weighted by Crippen LogP contribution is -2.52. The van der Waals surface area contributed by atoms with E-state index >= 15 is 0 Å². The molecule has 3 aliphatic rings. The van der Waals surface area contributed by atoms with Gasteiger partial charge in [0.2, 0.25) is 0 Å². The van der Waals surface area contributed by atoms with E-state index in [1.807, 2.05) is 0 Å². The number of Topliss-reactive ketones (excluding diaryl/α,β-unsaturated/α-hetero) is 1. The number of rotatable bonds is 1. The first kappa shape index (κ1) is 19.0. The van der Waals surface area contributed by atoms with E-state index < -0.39 is 34.9 Å². The Hall–Kier alpha value is -2.33. The van der Waals surface area contributed by atoms with Gasteiger partial charge in [0, 0.05) is 27.1 Å². The van der Waals surface area contributed by atoms with Crippen LogP contribution in [-0.2, 0) is 11.2 Å². The molecule has 0 unspecified atom stereocenters. The summed E-state index contributed by atoms with van der Waals surface area (Å²) in [6, 6.07) is 3.13. The van der Waals surface area contributed by atoms with Crippen LogP contribution in [0.4, 0.5) is 0 Å². The predicted molar refractivity (Wildman–Crippen MR) is 108 cm³/mol. The highest BCUT2D eigenvalue weighted by Gasteiger charge is 2.56. The summed E-state index contributed by atoms with van der Waals surface area (Å²) in [5.41, 5.74) is 3.50. The minimum absolute atomic E-state index is 0.00918. The largest absolute Gasteiger partial charge is 0.511 e. The number of amides is 1. The molecule has 3 atom stereocenters. The summed E-state index contributed by atoms with van der Waals surface area (Å²) in [6.45, 7) is 3.69. The van der Waals surface area contributed by atoms with E-state index in [-0.39, 0.29) is 40.2 Å². The molecule has 0 saturated carbocycles. The topological polar surface area (TPSA) is 141 Å². The number of phenolic OH excluding ortho intramolecular Hbond substituents is 1. The lowest BCUT2D eigenvalue weighted by Gasteiger charge is -2.47. The molecule has 0 heterocycles. The molecular formula is C20H18INO6. The molecule has 4 rings (SSSR count). The summed E-state index contributed by atoms with van der Waals surface area (Å²) in [5.74, 6) is -3.64. The molecule has 0 saturated heterocycles. The highest BCUT2D eigenvalue weighted by Crippen LogP contribution is 2.54. The van der Waals surface area contributed by atoms with Crippen LogP contribution in [0.15, 0.2) is 46.9 Å². The van der Waals surface area contributed by atoms with Gasteiger partial charge in [0.05, 0.1) is 11.1 Å². The summed E-state index contributed by atoms with van der Waals surface area (Å²) < 4.78 is 0.824. The second-order valence-electron chi connectivity index (χ2n) is 7.48. The van der Waals surface area contributed by atoms with E-state index in [1.165, 1.54) is 6.07 Å². The van der Waals surface area contributed by atoms with Gasteiger partial charge >= 0.3 is 0 Å². The van der Waals surface area contributed by atoms with E-state index in [0.717, 1.165) is 3.57 Å². The number of carbonyl (C=O) groups is 2. The molecule has 7 nitrogen and oxygen atoms in total. The van der Waals surface area contributed by atoms with Crippen molar-refractivity contribution in [2.24, 2.45) is 17.6 Å². The monoisotopic (exact) mass is 495 g/mol. The normalized spacial score (nSPS) is 29.4. The van der Waals surface area contributed by atoms with Gasteiger partial charge in [-0.3, -0.25) is 9.59 Å². The number of hydrogen-bond donors (Lipinski definition) is 5. The second kappa shape index (κ2) is 6.08. The lowest BCUT2D eigenvalue weighted by molar-refractivity contribution is -0.115. The number of halogens is 1. The number of benzene rings is 1. The van der Waals surface area contributed by atoms with Gasteiger partial charge in [0.25, 0.3) is 5.91 Å². The Bertz CT molecular complexity index is 1040. The molecule has 3 aliphatic carbocycles. The maximum absolute atomic E-state index is 13.2. The average molecular weight is 495 g/mol. The van der Waals surface area contributed by atoms with Crippen molar-refractivity contribution in [3.05, 3.63) is 61.6 Å². The molecule has 146 valence electrons. The van der Waals surface area contributed by atoms with Gasteiger partial charge in [-0.05, 0) is 59.0 Å². The van der Waals surface area contributed by atoms with Crippen molar-refractivity contribution in [3.63, 3.8) is 0 Å². The van der Waals surface area contributed by atoms with Crippen LogP contribution >= 0.6 is 22.6 Å². The number of carbonyl (C=O) groups excluding carboxylic acids is 2. The van der Waals surface area contributed by atoms with E-state index in [9.17, 15) is 30.0 Å². The molecule has 28 heavy (non-hydrogen) atoms. The Morgan fingerprint density at radius 1 is 1.25 bits per heavy atom. The number of hydrogen-bond acceptors (Lipinski definition) is 6. The van der Waals surface area contributed by atoms with Crippen molar-refractivity contribution in [2.45, 2.75) is 24.9 Å². The Kier molecular flexibility index (Phi) is 4.13. The first-order valence-corrected chi connectivity index (χ1v) is 9.79. The number of aromatic hydroxyl groups is 1. The van der Waals surface area contributed by atoms with Gasteiger partial charge in [-0.15, -0.1) is 0 Å². The molecular weight excluding hydrogens is 477 g/mol. The van der Waals surface area contributed by atoms with E-state index in [4.69, 9.17) is 5.73 Å². The molecule has 0 bridgehead atoms. The van der Waals surface area contributed by atoms with E-state index in [1.54, 1.807) is 6.07 Å². The Morgan fingerprint density at radius 2 is 1.93 bits per heavy atom. The fourth-order valence-electron chi connectivity index (χ4n) is 4.76. The van der Waals surface area contributed by atoms with Gasteiger partial charge in [-0.2, -0.15) is 0 Å². The zero-order valence-electron chi connectivity index (χ0n) is 14.7. The molecule has 1 aromatic carbocycles. The molecule has 0 aromatic heterocycles. The first-order valence-electron chi connectivity index (χ1n) is 8.71. The Morgan fingerprint density at radius 3 is 2.57 bits per heavy atom. The van der Waals surface area contributed by atoms with Crippen molar-refractivity contribution in [2.75, 3.05) is 0 Å². The van der Waals surface area contributed by atoms with Gasteiger partial charge in [0.15, 0.2) is 11.4 Å². The minimum atomic E-state index is -2.08. The van der Waals surface area contributed by atoms with E-state index in [2.05, 4.69) is 29.2 Å². The molecule has 0 fully saturated rings. The highest BCUT2D eigenvalue weighted by atomic mass is 127. The van der Waals surface area contributed by atoms with Gasteiger partial charge < -0.3 is 26.2 Å². The maximum Gasteiger partial charge on any atom is 0.252 e. The Labute approximate surface area is 174 Å². The van der Waals surface area contributed by atoms with Gasteiger partial charge in [0.1, 0.15) is 17.3 Å². The van der Waals surface area contributed by atoms with Crippen molar-refractivity contribution in [1.29, 1.82) is 0 Å². The van der Waals surface area contributed by atoms with Crippen LogP contribution in [0.2, 0.25) is 0 Å². The number of aliphatic hydroxyl groups excluding tert-OH is 2. The van der Waals surface area contributed by atoms with Crippen molar-refractivity contribution < 1.29 is 30.0 Å². The third kappa shape index (κ3) is 2.30. The standard InChI is InChI=1S/C20H18INO6/c1-7-14(19(22)27)13(24)6-9-4-8-5-10-11(21)2-3-12(23)16(10)17(25)15(8)18(26)20(7,9)28/h2-3,8-9,23-24,26,28H,1,4-6H2,(H2,22,27)/t8-,9+,20+/m1/s1. The van der Waals surface area contributed by atoms with Gasteiger partial charge in [-0.25, -0.2) is 0 Å². The number of nitrogens with two attached hydrogens (primary N) is 1. The lowest BCUT2D eigenvalue weighted by atomic mass is 9.59. The number of aliphatic hydroxyl groups is 3. The fourth-order valence-corrected chi connectivity index (χ4v) is 5.43. The SMILES string of the molecule is C=C1C(C(N)=O)=C(O)C[C@@H]2C[C@@H]3Cc4c(I)ccc(O)c4C(=O)C3=C(O)[C@]12O. The molecule has 8 heteroatoms. The summed E-state index contributed by atoms with van der Waals surface area (Å²) in [4.78, 5) is 24.9. The number of phenols is 1. The van der Waals surface area contributed by atoms with Crippen LogP contribution in [0.25, 0.3) is 0 Å². The van der Waals surface area contributed by atoms with Gasteiger partial charge in [-0.1, -0.05) is 6.58 Å². The molecule has 0 spiro atoms. The first-order chi connectivity index (χ1) is 13.1. The summed E-state index contributed by atoms with van der Waals surface area (Å²) >= 11 is 2.09. The summed E-state index contributed by atoms with van der Waals surface area (Å²) in [6.07, 6.45) is 0.626. The van der Waals surface area contributed by atoms with Crippen LogP contribution < -0.4 is 5.73 Å². The second-order valence-corrected chi connectivity index (χ2v) is 8.64. The minimum Gasteiger partial charge on any atom is -0.511 e. The van der Waals surface area contributed by atoms with Crippen LogP contribution in [0.1, 0.15) is 28.8 Å². The summed E-state index contributed by atoms with van der Waals surface area (Å²) in [7, 11) is 0. The number of primary amides is 1. The quantitative estimate of drug-likeness (QED) is 0.379. The third-order valence-electron chi connectivity index (χ3n) is 6.08. The smallest absolute Gasteiger partial charge is 0.252 e. The van der Waals surface area contributed by atoms with E-state index in [0.29, 0.717) is 18.4 Å². The van der Waals surface area contributed by atoms with Crippen LogP contribution in [0, 0.1) is 15.4 Å². The molecule has 0 aliphatic heterocycles. The Balaban J connectivity index is 1.93. The molecule has 1 aromatic rings. The zero-order chi connectivity index (χ0) is 20.5. The number of ketones is 1. The number of allylic oxidation sites excluding steroid dienone is 2. The number of fused-ring (bicyclic) bond motifs is 3. The summed E-state index contributed by atoms with van der Waals surface area (Å²) in [5, 5.41) is 42.8.